The molecular formula is C7H11ClN2OS2. The summed E-state index contributed by atoms with van der Waals surface area (Å²) in [4.78, 5) is 4.22. The standard InChI is InChI=1S/C7H11ClN2OS2/c1-6-9-7(13-10-6)12-5-4-11-3-2-8/h2-5H2,1H3. The predicted octanol–water partition coefficient (Wildman–Crippen LogP) is 2.19. The lowest BCUT2D eigenvalue weighted by Crippen LogP contribution is -1.99. The molecule has 0 saturated carbocycles. The number of ether oxygens (including phenoxy) is 1. The van der Waals surface area contributed by atoms with E-state index in [1.165, 1.54) is 11.5 Å². The molecule has 0 bridgehead atoms. The van der Waals surface area contributed by atoms with E-state index < -0.39 is 0 Å². The Hall–Kier alpha value is 0.160. The Balaban J connectivity index is 2.06. The average molecular weight is 239 g/mol. The van der Waals surface area contributed by atoms with Gasteiger partial charge in [-0.05, 0) is 18.5 Å². The Bertz CT molecular complexity index is 244. The van der Waals surface area contributed by atoms with Gasteiger partial charge in [-0.2, -0.15) is 4.37 Å². The van der Waals surface area contributed by atoms with Gasteiger partial charge in [0.25, 0.3) is 0 Å². The Labute approximate surface area is 91.0 Å². The molecule has 1 rings (SSSR count). The van der Waals surface area contributed by atoms with Crippen LogP contribution >= 0.6 is 34.9 Å². The van der Waals surface area contributed by atoms with E-state index in [2.05, 4.69) is 9.36 Å². The second kappa shape index (κ2) is 6.59. The Morgan fingerprint density at radius 2 is 2.38 bits per heavy atom. The van der Waals surface area contributed by atoms with Crippen molar-refractivity contribution in [3.05, 3.63) is 5.82 Å². The summed E-state index contributed by atoms with van der Waals surface area (Å²) in [5.74, 6) is 2.31. The van der Waals surface area contributed by atoms with E-state index in [0.29, 0.717) is 12.5 Å². The lowest BCUT2D eigenvalue weighted by molar-refractivity contribution is 0.166. The zero-order valence-electron chi connectivity index (χ0n) is 7.33. The molecule has 0 aliphatic rings. The van der Waals surface area contributed by atoms with Crippen molar-refractivity contribution in [3.63, 3.8) is 0 Å². The van der Waals surface area contributed by atoms with Crippen molar-refractivity contribution in [1.82, 2.24) is 9.36 Å². The van der Waals surface area contributed by atoms with Gasteiger partial charge < -0.3 is 4.74 Å². The van der Waals surface area contributed by atoms with E-state index in [1.54, 1.807) is 11.8 Å². The first-order valence-corrected chi connectivity index (χ1v) is 6.19. The molecule has 0 N–H and O–H groups in total. The molecule has 0 radical (unpaired) electrons. The number of alkyl halides is 1. The van der Waals surface area contributed by atoms with Crippen molar-refractivity contribution in [1.29, 1.82) is 0 Å². The second-order valence-corrected chi connectivity index (χ2v) is 4.73. The quantitative estimate of drug-likeness (QED) is 0.432. The van der Waals surface area contributed by atoms with Crippen LogP contribution in [0.5, 0.6) is 0 Å². The number of hydrogen-bond acceptors (Lipinski definition) is 5. The number of aryl methyl sites for hydroxylation is 1. The minimum Gasteiger partial charge on any atom is -0.379 e. The van der Waals surface area contributed by atoms with Gasteiger partial charge in [-0.25, -0.2) is 4.98 Å². The summed E-state index contributed by atoms with van der Waals surface area (Å²) in [7, 11) is 0. The molecule has 3 nitrogen and oxygen atoms in total. The highest BCUT2D eigenvalue weighted by molar-refractivity contribution is 8.00. The van der Waals surface area contributed by atoms with Crippen LogP contribution in [0.4, 0.5) is 0 Å². The van der Waals surface area contributed by atoms with Crippen molar-refractivity contribution in [3.8, 4) is 0 Å². The van der Waals surface area contributed by atoms with E-state index in [1.807, 2.05) is 6.92 Å². The molecule has 0 unspecified atom stereocenters. The lowest BCUT2D eigenvalue weighted by Gasteiger charge is -1.98. The summed E-state index contributed by atoms with van der Waals surface area (Å²) in [6, 6.07) is 0. The van der Waals surface area contributed by atoms with Crippen LogP contribution in [0.15, 0.2) is 4.34 Å². The molecule has 0 aliphatic heterocycles. The van der Waals surface area contributed by atoms with Crippen molar-refractivity contribution < 1.29 is 4.74 Å². The molecule has 0 saturated heterocycles. The lowest BCUT2D eigenvalue weighted by atomic mass is 10.8. The first-order valence-electron chi connectivity index (χ1n) is 3.89. The molecule has 74 valence electrons. The maximum atomic E-state index is 5.45. The van der Waals surface area contributed by atoms with Crippen LogP contribution in [-0.4, -0.2) is 34.2 Å². The molecule has 0 fully saturated rings. The number of nitrogens with zero attached hydrogens (tertiary/aromatic N) is 2. The van der Waals surface area contributed by atoms with E-state index in [-0.39, 0.29) is 0 Å². The fourth-order valence-corrected chi connectivity index (χ4v) is 2.36. The summed E-state index contributed by atoms with van der Waals surface area (Å²) in [5, 5.41) is 0. The summed E-state index contributed by atoms with van der Waals surface area (Å²) in [5.41, 5.74) is 0. The average Bonchev–Trinajstić information content (AvgIpc) is 2.51. The summed E-state index contributed by atoms with van der Waals surface area (Å²) >= 11 is 8.55. The van der Waals surface area contributed by atoms with Crippen LogP contribution in [-0.2, 0) is 4.74 Å². The minimum absolute atomic E-state index is 0.558. The molecule has 0 aromatic carbocycles. The van der Waals surface area contributed by atoms with Crippen molar-refractivity contribution >= 4 is 34.9 Å². The van der Waals surface area contributed by atoms with Gasteiger partial charge in [0.1, 0.15) is 5.82 Å². The van der Waals surface area contributed by atoms with Crippen LogP contribution in [0.2, 0.25) is 0 Å². The molecule has 1 aromatic heterocycles. The van der Waals surface area contributed by atoms with Crippen molar-refractivity contribution in [2.24, 2.45) is 0 Å². The third-order valence-electron chi connectivity index (χ3n) is 1.18. The predicted molar refractivity (Wildman–Crippen MR) is 56.9 cm³/mol. The highest BCUT2D eigenvalue weighted by Gasteiger charge is 1.99. The largest absolute Gasteiger partial charge is 0.379 e. The van der Waals surface area contributed by atoms with Crippen LogP contribution in [0.1, 0.15) is 5.82 Å². The van der Waals surface area contributed by atoms with Crippen molar-refractivity contribution in [2.75, 3.05) is 24.8 Å². The highest BCUT2D eigenvalue weighted by Crippen LogP contribution is 2.19. The zero-order valence-corrected chi connectivity index (χ0v) is 9.71. The van der Waals surface area contributed by atoms with E-state index >= 15 is 0 Å². The molecule has 0 aliphatic carbocycles. The van der Waals surface area contributed by atoms with Crippen LogP contribution in [0.25, 0.3) is 0 Å². The van der Waals surface area contributed by atoms with Gasteiger partial charge >= 0.3 is 0 Å². The van der Waals surface area contributed by atoms with E-state index in [9.17, 15) is 0 Å². The maximum absolute atomic E-state index is 5.45. The van der Waals surface area contributed by atoms with Gasteiger partial charge in [0.2, 0.25) is 0 Å². The SMILES string of the molecule is Cc1nsc(SCCOCCCl)n1. The Morgan fingerprint density at radius 1 is 1.54 bits per heavy atom. The zero-order chi connectivity index (χ0) is 9.52. The second-order valence-electron chi connectivity index (χ2n) is 2.26. The third-order valence-corrected chi connectivity index (χ3v) is 3.23. The number of thioether (sulfide) groups is 1. The summed E-state index contributed by atoms with van der Waals surface area (Å²) in [6.07, 6.45) is 0. The first kappa shape index (κ1) is 11.2. The minimum atomic E-state index is 0.558. The van der Waals surface area contributed by atoms with Gasteiger partial charge in [0.15, 0.2) is 4.34 Å². The first-order chi connectivity index (χ1) is 6.33. The molecule has 0 amide bonds. The van der Waals surface area contributed by atoms with Gasteiger partial charge in [0.05, 0.1) is 13.2 Å². The number of hydrogen-bond donors (Lipinski definition) is 0. The summed E-state index contributed by atoms with van der Waals surface area (Å²) < 4.78 is 10.3. The fourth-order valence-electron chi connectivity index (χ4n) is 0.681. The fraction of sp³-hybridized carbons (Fsp3) is 0.714. The Morgan fingerprint density at radius 3 is 3.00 bits per heavy atom. The molecule has 0 spiro atoms. The van der Waals surface area contributed by atoms with Gasteiger partial charge in [-0.3, -0.25) is 0 Å². The molecule has 1 aromatic rings. The molecule has 6 heteroatoms. The van der Waals surface area contributed by atoms with Crippen LogP contribution in [0.3, 0.4) is 0 Å². The number of halogens is 1. The molecule has 1 heterocycles. The normalized spacial score (nSPS) is 10.6. The maximum Gasteiger partial charge on any atom is 0.170 e. The smallest absolute Gasteiger partial charge is 0.170 e. The molecule has 13 heavy (non-hydrogen) atoms. The topological polar surface area (TPSA) is 35.0 Å². The van der Waals surface area contributed by atoms with Crippen molar-refractivity contribution in [2.45, 2.75) is 11.3 Å². The number of rotatable bonds is 6. The van der Waals surface area contributed by atoms with Crippen LogP contribution in [0, 0.1) is 6.92 Å². The highest BCUT2D eigenvalue weighted by atomic mass is 35.5. The van der Waals surface area contributed by atoms with Gasteiger partial charge in [-0.15, -0.1) is 11.6 Å². The Kier molecular flexibility index (Phi) is 5.70. The summed E-state index contributed by atoms with van der Waals surface area (Å²) in [6.45, 7) is 3.23. The van der Waals surface area contributed by atoms with E-state index in [4.69, 9.17) is 16.3 Å². The van der Waals surface area contributed by atoms with Gasteiger partial charge in [-0.1, -0.05) is 11.8 Å². The third kappa shape index (κ3) is 4.81. The number of aromatic nitrogens is 2. The monoisotopic (exact) mass is 238 g/mol. The van der Waals surface area contributed by atoms with E-state index in [0.717, 1.165) is 22.5 Å². The van der Waals surface area contributed by atoms with Gasteiger partial charge in [0, 0.05) is 11.6 Å². The molecule has 0 atom stereocenters. The molecular weight excluding hydrogens is 228 g/mol. The van der Waals surface area contributed by atoms with Crippen LogP contribution < -0.4 is 0 Å².